The van der Waals surface area contributed by atoms with Gasteiger partial charge in [-0.2, -0.15) is 0 Å². The zero-order valence-corrected chi connectivity index (χ0v) is 16.6. The maximum absolute atomic E-state index is 12.6. The number of aryl methyl sites for hydroxylation is 2. The van der Waals surface area contributed by atoms with E-state index in [9.17, 15) is 4.79 Å². The summed E-state index contributed by atoms with van der Waals surface area (Å²) in [5, 5.41) is 9.68. The van der Waals surface area contributed by atoms with E-state index in [1.807, 2.05) is 51.1 Å². The molecule has 0 fully saturated rings. The van der Waals surface area contributed by atoms with Crippen LogP contribution >= 0.6 is 34.7 Å². The van der Waals surface area contributed by atoms with Gasteiger partial charge in [0.1, 0.15) is 5.01 Å². The lowest BCUT2D eigenvalue weighted by Crippen LogP contribution is -2.07. The van der Waals surface area contributed by atoms with Gasteiger partial charge in [0.15, 0.2) is 10.1 Å². The van der Waals surface area contributed by atoms with Crippen LogP contribution in [0.15, 0.2) is 34.7 Å². The molecular weight excluding hydrogens is 374 g/mol. The summed E-state index contributed by atoms with van der Waals surface area (Å²) in [6.07, 6.45) is 0. The Morgan fingerprint density at radius 2 is 2.00 bits per heavy atom. The number of carbonyl (C=O) groups is 1. The Kier molecular flexibility index (Phi) is 5.61. The van der Waals surface area contributed by atoms with Crippen molar-refractivity contribution in [1.29, 1.82) is 0 Å². The predicted octanol–water partition coefficient (Wildman–Crippen LogP) is 4.94. The van der Waals surface area contributed by atoms with E-state index < -0.39 is 0 Å². The van der Waals surface area contributed by atoms with Crippen LogP contribution in [0.2, 0.25) is 5.02 Å². The predicted molar refractivity (Wildman–Crippen MR) is 104 cm³/mol. The lowest BCUT2D eigenvalue weighted by Gasteiger charge is -2.11. The van der Waals surface area contributed by atoms with E-state index in [0.29, 0.717) is 12.3 Å². The summed E-state index contributed by atoms with van der Waals surface area (Å²) < 4.78 is 2.96. The molecule has 4 nitrogen and oxygen atoms in total. The second-order valence-electron chi connectivity index (χ2n) is 5.76. The third-order valence-electron chi connectivity index (χ3n) is 3.99. The van der Waals surface area contributed by atoms with Gasteiger partial charge in [-0.1, -0.05) is 52.9 Å². The fraction of sp³-hybridized carbons (Fsp3) is 0.278. The zero-order chi connectivity index (χ0) is 18.0. The summed E-state index contributed by atoms with van der Waals surface area (Å²) in [5.74, 6) is 0.474. The highest BCUT2D eigenvalue weighted by molar-refractivity contribution is 8.01. The van der Waals surface area contributed by atoms with Crippen molar-refractivity contribution in [3.05, 3.63) is 62.9 Å². The number of ketones is 1. The minimum absolute atomic E-state index is 0.108. The van der Waals surface area contributed by atoms with E-state index in [1.165, 1.54) is 23.1 Å². The van der Waals surface area contributed by atoms with Crippen LogP contribution in [0.25, 0.3) is 0 Å². The lowest BCUT2D eigenvalue weighted by atomic mass is 10.2. The fourth-order valence-corrected chi connectivity index (χ4v) is 4.56. The Morgan fingerprint density at radius 1 is 1.24 bits per heavy atom. The molecular formula is C18H18ClN3OS2. The van der Waals surface area contributed by atoms with Crippen molar-refractivity contribution in [2.75, 3.05) is 5.75 Å². The van der Waals surface area contributed by atoms with Gasteiger partial charge >= 0.3 is 0 Å². The number of carbonyl (C=O) groups excluding carboxylic acids is 1. The fourth-order valence-electron chi connectivity index (χ4n) is 2.67. The number of benzene rings is 1. The quantitative estimate of drug-likeness (QED) is 0.441. The second kappa shape index (κ2) is 7.72. The van der Waals surface area contributed by atoms with Gasteiger partial charge in [0, 0.05) is 28.5 Å². The Morgan fingerprint density at radius 3 is 2.68 bits per heavy atom. The first-order chi connectivity index (χ1) is 12.0. The van der Waals surface area contributed by atoms with Crippen LogP contribution in [-0.4, -0.2) is 26.3 Å². The van der Waals surface area contributed by atoms with Gasteiger partial charge in [-0.05, 0) is 38.5 Å². The number of nitrogens with zero attached hydrogens (tertiary/aromatic N) is 3. The van der Waals surface area contributed by atoms with Crippen molar-refractivity contribution in [1.82, 2.24) is 14.8 Å². The Labute approximate surface area is 160 Å². The molecule has 0 N–H and O–H groups in total. The van der Waals surface area contributed by atoms with Gasteiger partial charge in [-0.3, -0.25) is 4.79 Å². The third kappa shape index (κ3) is 4.14. The molecule has 2 heterocycles. The largest absolute Gasteiger partial charge is 0.344 e. The van der Waals surface area contributed by atoms with E-state index in [-0.39, 0.29) is 5.78 Å². The highest BCUT2D eigenvalue weighted by Crippen LogP contribution is 2.25. The number of aromatic nitrogens is 3. The molecule has 0 aliphatic rings. The van der Waals surface area contributed by atoms with Gasteiger partial charge in [-0.25, -0.2) is 0 Å². The Balaban J connectivity index is 1.76. The Hall–Kier alpha value is -1.63. The average molecular weight is 392 g/mol. The summed E-state index contributed by atoms with van der Waals surface area (Å²) in [6.45, 7) is 6.57. The Bertz CT molecular complexity index is 917. The second-order valence-corrected chi connectivity index (χ2v) is 8.57. The summed E-state index contributed by atoms with van der Waals surface area (Å²) in [4.78, 5) is 12.6. The number of thioether (sulfide) groups is 1. The van der Waals surface area contributed by atoms with Gasteiger partial charge in [0.25, 0.3) is 0 Å². The molecule has 7 heteroatoms. The van der Waals surface area contributed by atoms with Crippen LogP contribution < -0.4 is 0 Å². The molecule has 0 atom stereocenters. The van der Waals surface area contributed by atoms with Crippen LogP contribution in [0, 0.1) is 20.8 Å². The zero-order valence-electron chi connectivity index (χ0n) is 14.2. The van der Waals surface area contributed by atoms with E-state index in [0.717, 1.165) is 36.9 Å². The molecule has 0 radical (unpaired) electrons. The van der Waals surface area contributed by atoms with Crippen LogP contribution in [-0.2, 0) is 6.54 Å². The molecule has 0 aliphatic heterocycles. The van der Waals surface area contributed by atoms with Crippen molar-refractivity contribution >= 4 is 40.5 Å². The van der Waals surface area contributed by atoms with E-state index >= 15 is 0 Å². The molecule has 130 valence electrons. The first kappa shape index (κ1) is 18.2. The van der Waals surface area contributed by atoms with Gasteiger partial charge < -0.3 is 4.57 Å². The van der Waals surface area contributed by atoms with Crippen molar-refractivity contribution in [2.45, 2.75) is 31.7 Å². The first-order valence-electron chi connectivity index (χ1n) is 7.82. The standard InChI is InChI=1S/C18H18ClN3OS2/c1-11-8-15(17(23)10-24-18-21-20-13(3)25-18)12(2)22(11)9-14-6-4-5-7-16(14)19/h4-8H,9-10H2,1-3H3. The molecule has 0 saturated heterocycles. The third-order valence-corrected chi connectivity index (χ3v) is 6.34. The molecule has 0 saturated carbocycles. The summed E-state index contributed by atoms with van der Waals surface area (Å²) in [7, 11) is 0. The summed E-state index contributed by atoms with van der Waals surface area (Å²) in [5.41, 5.74) is 3.83. The number of rotatable bonds is 6. The van der Waals surface area contributed by atoms with Crippen molar-refractivity contribution in [3.8, 4) is 0 Å². The monoisotopic (exact) mass is 391 g/mol. The minimum Gasteiger partial charge on any atom is -0.344 e. The normalized spacial score (nSPS) is 11.0. The molecule has 3 aromatic rings. The SMILES string of the molecule is Cc1nnc(SCC(=O)c2cc(C)n(Cc3ccccc3Cl)c2C)s1. The molecule has 0 unspecified atom stereocenters. The van der Waals surface area contributed by atoms with Crippen LogP contribution in [0.5, 0.6) is 0 Å². The average Bonchev–Trinajstić information content (AvgIpc) is 3.12. The molecule has 2 aromatic heterocycles. The van der Waals surface area contributed by atoms with Crippen molar-refractivity contribution < 1.29 is 4.79 Å². The highest BCUT2D eigenvalue weighted by Gasteiger charge is 2.17. The van der Waals surface area contributed by atoms with Crippen LogP contribution in [0.4, 0.5) is 0 Å². The number of hydrogen-bond donors (Lipinski definition) is 0. The maximum atomic E-state index is 12.6. The smallest absolute Gasteiger partial charge is 0.174 e. The van der Waals surface area contributed by atoms with Gasteiger partial charge in [0.05, 0.1) is 5.75 Å². The minimum atomic E-state index is 0.108. The molecule has 1 aromatic carbocycles. The maximum Gasteiger partial charge on any atom is 0.174 e. The van der Waals surface area contributed by atoms with Crippen molar-refractivity contribution in [3.63, 3.8) is 0 Å². The van der Waals surface area contributed by atoms with Gasteiger partial charge in [-0.15, -0.1) is 10.2 Å². The summed E-state index contributed by atoms with van der Waals surface area (Å²) in [6, 6.07) is 9.75. The summed E-state index contributed by atoms with van der Waals surface area (Å²) >= 11 is 9.22. The topological polar surface area (TPSA) is 47.8 Å². The molecule has 0 spiro atoms. The highest BCUT2D eigenvalue weighted by atomic mass is 35.5. The van der Waals surface area contributed by atoms with E-state index in [2.05, 4.69) is 14.8 Å². The van der Waals surface area contributed by atoms with Crippen LogP contribution in [0.1, 0.15) is 32.3 Å². The number of hydrogen-bond acceptors (Lipinski definition) is 5. The molecule has 3 rings (SSSR count). The van der Waals surface area contributed by atoms with Gasteiger partial charge in [0.2, 0.25) is 0 Å². The molecule has 0 amide bonds. The van der Waals surface area contributed by atoms with Crippen LogP contribution in [0.3, 0.4) is 0 Å². The van der Waals surface area contributed by atoms with E-state index in [1.54, 1.807) is 0 Å². The van der Waals surface area contributed by atoms with E-state index in [4.69, 9.17) is 11.6 Å². The van der Waals surface area contributed by atoms with Crippen molar-refractivity contribution in [2.24, 2.45) is 0 Å². The molecule has 0 bridgehead atoms. The number of halogens is 1. The lowest BCUT2D eigenvalue weighted by molar-refractivity contribution is 0.102. The molecule has 0 aliphatic carbocycles. The molecule has 25 heavy (non-hydrogen) atoms. The first-order valence-corrected chi connectivity index (χ1v) is 10.00. The number of Topliss-reactive ketones (excluding diaryl/α,β-unsaturated/α-hetero) is 1.